The van der Waals surface area contributed by atoms with Crippen molar-refractivity contribution in [3.63, 3.8) is 0 Å². The number of nitrogens with one attached hydrogen (secondary N) is 2. The summed E-state index contributed by atoms with van der Waals surface area (Å²) in [4.78, 5) is 46.1. The van der Waals surface area contributed by atoms with Gasteiger partial charge in [-0.25, -0.2) is 9.88 Å². The molecule has 2 unspecified atom stereocenters. The molecule has 8 nitrogen and oxygen atoms in total. The van der Waals surface area contributed by atoms with E-state index < -0.39 is 35.3 Å². The minimum absolute atomic E-state index is 0.0468. The van der Waals surface area contributed by atoms with Crippen LogP contribution in [0, 0.1) is 11.8 Å². The lowest BCUT2D eigenvalue weighted by molar-refractivity contribution is -0.148. The Morgan fingerprint density at radius 3 is 2.84 bits per heavy atom. The fourth-order valence-electron chi connectivity index (χ4n) is 4.03. The summed E-state index contributed by atoms with van der Waals surface area (Å²) in [5.74, 6) is -3.61. The first kappa shape index (κ1) is 16.0. The zero-order valence-electron chi connectivity index (χ0n) is 13.3. The third kappa shape index (κ3) is 2.16. The molecule has 2 aromatic rings. The summed E-state index contributed by atoms with van der Waals surface area (Å²) in [6.07, 6.45) is 3.04. The number of imidazole rings is 1. The molecule has 25 heavy (non-hydrogen) atoms. The largest absolute Gasteiger partial charge is 0.480 e. The number of carboxylic acids is 1. The fourth-order valence-corrected chi connectivity index (χ4v) is 4.77. The molecular formula is C16H16N4O4S. The minimum Gasteiger partial charge on any atom is -0.480 e. The summed E-state index contributed by atoms with van der Waals surface area (Å²) in [5, 5.41) is 15.3. The van der Waals surface area contributed by atoms with Gasteiger partial charge >= 0.3 is 5.97 Å². The van der Waals surface area contributed by atoms with Gasteiger partial charge in [0.05, 0.1) is 18.2 Å². The summed E-state index contributed by atoms with van der Waals surface area (Å²) in [6, 6.07) is 3.02. The highest BCUT2D eigenvalue weighted by Gasteiger charge is 2.67. The van der Waals surface area contributed by atoms with E-state index in [0.29, 0.717) is 10.7 Å². The number of hydrogen-bond donors (Lipinski definition) is 3. The molecule has 4 atom stereocenters. The third-order valence-electron chi connectivity index (χ3n) is 5.04. The molecule has 3 N–H and O–H groups in total. The highest BCUT2D eigenvalue weighted by molar-refractivity contribution is 7.14. The normalized spacial score (nSPS) is 31.6. The number of rotatable bonds is 4. The van der Waals surface area contributed by atoms with E-state index in [1.807, 2.05) is 0 Å². The Morgan fingerprint density at radius 2 is 2.24 bits per heavy atom. The summed E-state index contributed by atoms with van der Waals surface area (Å²) in [5.41, 5.74) is -0.951. The number of aromatic amines is 1. The summed E-state index contributed by atoms with van der Waals surface area (Å²) in [7, 11) is 0. The topological polar surface area (TPSA) is 115 Å². The molecule has 9 heteroatoms. The van der Waals surface area contributed by atoms with Crippen molar-refractivity contribution in [2.75, 3.05) is 4.90 Å². The zero-order valence-corrected chi connectivity index (χ0v) is 14.1. The Kier molecular flexibility index (Phi) is 3.51. The van der Waals surface area contributed by atoms with Crippen LogP contribution in [0.25, 0.3) is 0 Å². The number of aromatic nitrogens is 2. The van der Waals surface area contributed by atoms with Gasteiger partial charge in [-0.15, -0.1) is 11.3 Å². The highest BCUT2D eigenvalue weighted by Crippen LogP contribution is 2.46. The number of amides is 2. The highest BCUT2D eigenvalue weighted by atomic mass is 32.1. The molecule has 0 radical (unpaired) electrons. The van der Waals surface area contributed by atoms with E-state index in [4.69, 9.17) is 0 Å². The average molecular weight is 360 g/mol. The Hall–Kier alpha value is -2.52. The van der Waals surface area contributed by atoms with Crippen LogP contribution in [0.1, 0.15) is 12.6 Å². The summed E-state index contributed by atoms with van der Waals surface area (Å²) >= 11 is 1.28. The first-order valence-corrected chi connectivity index (χ1v) is 8.73. The Labute approximate surface area is 146 Å². The van der Waals surface area contributed by atoms with E-state index in [-0.39, 0.29) is 12.3 Å². The number of imide groups is 1. The van der Waals surface area contributed by atoms with Crippen LogP contribution in [0.2, 0.25) is 0 Å². The van der Waals surface area contributed by atoms with Crippen molar-refractivity contribution in [1.82, 2.24) is 15.3 Å². The Morgan fingerprint density at radius 1 is 1.44 bits per heavy atom. The molecule has 130 valence electrons. The lowest BCUT2D eigenvalue weighted by Gasteiger charge is -2.30. The number of carbonyl (C=O) groups is 3. The van der Waals surface area contributed by atoms with Crippen LogP contribution in [-0.2, 0) is 20.8 Å². The monoisotopic (exact) mass is 360 g/mol. The molecule has 2 fully saturated rings. The Balaban J connectivity index is 1.79. The molecule has 2 saturated heterocycles. The first-order chi connectivity index (χ1) is 12.0. The summed E-state index contributed by atoms with van der Waals surface area (Å²) in [6.45, 7) is 1.75. The average Bonchev–Trinajstić information content (AvgIpc) is 3.30. The molecule has 2 aliphatic rings. The minimum atomic E-state index is -1.55. The van der Waals surface area contributed by atoms with Crippen LogP contribution < -0.4 is 10.2 Å². The van der Waals surface area contributed by atoms with Gasteiger partial charge in [0, 0.05) is 24.4 Å². The van der Waals surface area contributed by atoms with Crippen LogP contribution in [-0.4, -0.2) is 44.4 Å². The zero-order chi connectivity index (χ0) is 17.8. The second-order valence-corrected chi connectivity index (χ2v) is 7.36. The van der Waals surface area contributed by atoms with Crippen molar-refractivity contribution < 1.29 is 19.5 Å². The molecule has 0 bridgehead atoms. The number of carbonyl (C=O) groups excluding carboxylic acids is 2. The van der Waals surface area contributed by atoms with Crippen LogP contribution in [0.4, 0.5) is 5.00 Å². The van der Waals surface area contributed by atoms with Crippen molar-refractivity contribution in [3.8, 4) is 0 Å². The van der Waals surface area contributed by atoms with Crippen molar-refractivity contribution in [1.29, 1.82) is 0 Å². The fraction of sp³-hybridized carbons (Fsp3) is 0.375. The van der Waals surface area contributed by atoms with Crippen LogP contribution in [0.3, 0.4) is 0 Å². The van der Waals surface area contributed by atoms with Gasteiger partial charge in [-0.3, -0.25) is 19.7 Å². The van der Waals surface area contributed by atoms with Gasteiger partial charge in [-0.1, -0.05) is 0 Å². The Bertz CT molecular complexity index is 834. The van der Waals surface area contributed by atoms with E-state index >= 15 is 0 Å². The predicted molar refractivity (Wildman–Crippen MR) is 89.0 cm³/mol. The van der Waals surface area contributed by atoms with Crippen molar-refractivity contribution in [3.05, 3.63) is 35.7 Å². The standard InChI is InChI=1S/C16H16N4O4S/c1-8-11-12(14(22)20(13(11)21)10-3-2-4-25-10)16(19-8,15(23)24)5-9-6-17-7-18-9/h2-4,6-8,11-12,19H,5H2,1H3,(H,17,18)(H,23,24)/t8?,11-,12+,16?/m0/s1. The molecule has 2 aliphatic heterocycles. The van der Waals surface area contributed by atoms with Crippen molar-refractivity contribution in [2.24, 2.45) is 11.8 Å². The van der Waals surface area contributed by atoms with Gasteiger partial charge < -0.3 is 10.1 Å². The predicted octanol–water partition coefficient (Wildman–Crippen LogP) is 0.635. The number of thiophene rings is 1. The van der Waals surface area contributed by atoms with Crippen LogP contribution >= 0.6 is 11.3 Å². The number of aliphatic carboxylic acids is 1. The maximum Gasteiger partial charge on any atom is 0.325 e. The van der Waals surface area contributed by atoms with Gasteiger partial charge in [0.25, 0.3) is 0 Å². The van der Waals surface area contributed by atoms with E-state index in [2.05, 4.69) is 15.3 Å². The lowest BCUT2D eigenvalue weighted by Crippen LogP contribution is -2.58. The molecule has 0 spiro atoms. The third-order valence-corrected chi connectivity index (χ3v) is 5.89. The van der Waals surface area contributed by atoms with Gasteiger partial charge in [0.15, 0.2) is 0 Å². The number of fused-ring (bicyclic) bond motifs is 1. The quantitative estimate of drug-likeness (QED) is 0.689. The smallest absolute Gasteiger partial charge is 0.325 e. The summed E-state index contributed by atoms with van der Waals surface area (Å²) < 4.78 is 0. The number of hydrogen-bond acceptors (Lipinski definition) is 6. The molecular weight excluding hydrogens is 344 g/mol. The van der Waals surface area contributed by atoms with Crippen LogP contribution in [0.15, 0.2) is 30.0 Å². The second-order valence-electron chi connectivity index (χ2n) is 6.43. The lowest BCUT2D eigenvalue weighted by atomic mass is 9.77. The SMILES string of the molecule is CC1NC(Cc2cnc[nH]2)(C(=O)O)[C@H]2C(=O)N(c3cccs3)C(=O)[C@@H]12. The molecule has 0 saturated carbocycles. The molecule has 4 rings (SSSR count). The first-order valence-electron chi connectivity index (χ1n) is 7.85. The van der Waals surface area contributed by atoms with Crippen molar-refractivity contribution in [2.45, 2.75) is 24.9 Å². The van der Waals surface area contributed by atoms with Gasteiger partial charge in [-0.2, -0.15) is 0 Å². The van der Waals surface area contributed by atoms with Crippen LogP contribution in [0.5, 0.6) is 0 Å². The van der Waals surface area contributed by atoms with Gasteiger partial charge in [0.1, 0.15) is 10.5 Å². The van der Waals surface area contributed by atoms with Gasteiger partial charge in [0.2, 0.25) is 11.8 Å². The number of carboxylic acid groups (broad SMARTS) is 1. The molecule has 0 aliphatic carbocycles. The van der Waals surface area contributed by atoms with E-state index in [0.717, 1.165) is 4.90 Å². The van der Waals surface area contributed by atoms with Crippen molar-refractivity contribution >= 4 is 34.1 Å². The number of H-pyrrole nitrogens is 1. The second kappa shape index (κ2) is 5.50. The number of nitrogens with zero attached hydrogens (tertiary/aromatic N) is 2. The molecule has 4 heterocycles. The number of anilines is 1. The maximum atomic E-state index is 13.1. The van der Waals surface area contributed by atoms with Gasteiger partial charge in [-0.05, 0) is 24.4 Å². The van der Waals surface area contributed by atoms with E-state index in [1.54, 1.807) is 24.4 Å². The molecule has 2 aromatic heterocycles. The maximum absolute atomic E-state index is 13.1. The van der Waals surface area contributed by atoms with E-state index in [1.165, 1.54) is 23.9 Å². The van der Waals surface area contributed by atoms with E-state index in [9.17, 15) is 19.5 Å². The molecule has 0 aromatic carbocycles. The molecule has 2 amide bonds.